The highest BCUT2D eigenvalue weighted by molar-refractivity contribution is 5.61. The molecule has 2 heterocycles. The molecule has 4 N–H and O–H groups in total. The Kier molecular flexibility index (Phi) is 6.51. The topological polar surface area (TPSA) is 114 Å². The van der Waals surface area contributed by atoms with Gasteiger partial charge in [-0.05, 0) is 44.2 Å². The Balaban J connectivity index is 0.000000706. The number of nitrogens with zero attached hydrogens (tertiary/aromatic N) is 3. The second-order valence-electron chi connectivity index (χ2n) is 7.32. The zero-order valence-corrected chi connectivity index (χ0v) is 15.8. The van der Waals surface area contributed by atoms with Crippen molar-refractivity contribution < 1.29 is 14.3 Å². The number of aromatic nitrogens is 3. The Bertz CT molecular complexity index is 807. The Morgan fingerprint density at radius 3 is 2.57 bits per heavy atom. The molecule has 0 saturated heterocycles. The van der Waals surface area contributed by atoms with Crippen LogP contribution < -0.4 is 11.1 Å². The van der Waals surface area contributed by atoms with Crippen LogP contribution in [0.3, 0.4) is 0 Å². The zero-order valence-electron chi connectivity index (χ0n) is 15.8. The standard InChI is InChI=1S/C19H23FN4O.CH3NO/c20-15-12-22-18(23-14-5-2-1-3-6-14)24-17(15)13-7-10-21-16(11-13)19(25)8-4-9-19;2-1-3/h7,10-12,14,25H,1-6,8-9H2,(H,22,23,24);1H,(H2,2,3). The van der Waals surface area contributed by atoms with E-state index in [1.807, 2.05) is 0 Å². The molecule has 2 fully saturated rings. The van der Waals surface area contributed by atoms with Gasteiger partial charge < -0.3 is 16.2 Å². The first-order valence-electron chi connectivity index (χ1n) is 9.69. The Hall–Kier alpha value is -2.61. The van der Waals surface area contributed by atoms with Gasteiger partial charge in [0.15, 0.2) is 5.82 Å². The molecule has 2 aromatic rings. The van der Waals surface area contributed by atoms with Crippen LogP contribution in [0, 0.1) is 5.82 Å². The third kappa shape index (κ3) is 4.62. The van der Waals surface area contributed by atoms with Gasteiger partial charge in [-0.2, -0.15) is 0 Å². The van der Waals surface area contributed by atoms with Gasteiger partial charge in [0.05, 0.1) is 11.9 Å². The van der Waals surface area contributed by atoms with Gasteiger partial charge in [-0.1, -0.05) is 19.3 Å². The number of primary amides is 1. The molecule has 2 aliphatic carbocycles. The fourth-order valence-corrected chi connectivity index (χ4v) is 3.67. The van der Waals surface area contributed by atoms with Crippen LogP contribution in [0.2, 0.25) is 0 Å². The van der Waals surface area contributed by atoms with E-state index in [2.05, 4.69) is 26.0 Å². The minimum absolute atomic E-state index is 0.250. The van der Waals surface area contributed by atoms with E-state index in [-0.39, 0.29) is 12.1 Å². The lowest BCUT2D eigenvalue weighted by atomic mass is 9.77. The van der Waals surface area contributed by atoms with Gasteiger partial charge >= 0.3 is 0 Å². The normalized spacial score (nSPS) is 18.4. The Morgan fingerprint density at radius 2 is 1.93 bits per heavy atom. The number of hydrogen-bond acceptors (Lipinski definition) is 6. The average molecular weight is 387 g/mol. The van der Waals surface area contributed by atoms with Crippen LogP contribution in [0.4, 0.5) is 10.3 Å². The van der Waals surface area contributed by atoms with Crippen molar-refractivity contribution in [3.05, 3.63) is 36.0 Å². The van der Waals surface area contributed by atoms with Crippen molar-refractivity contribution in [2.45, 2.75) is 63.0 Å². The van der Waals surface area contributed by atoms with Crippen LogP contribution in [0.5, 0.6) is 0 Å². The molecule has 2 aromatic heterocycles. The van der Waals surface area contributed by atoms with Crippen molar-refractivity contribution in [3.8, 4) is 11.3 Å². The maximum atomic E-state index is 14.3. The number of hydrogen-bond donors (Lipinski definition) is 3. The smallest absolute Gasteiger partial charge is 0.223 e. The van der Waals surface area contributed by atoms with Crippen LogP contribution in [0.15, 0.2) is 24.5 Å². The molecular weight excluding hydrogens is 361 g/mol. The Morgan fingerprint density at radius 1 is 1.21 bits per heavy atom. The second-order valence-corrected chi connectivity index (χ2v) is 7.32. The highest BCUT2D eigenvalue weighted by Crippen LogP contribution is 2.40. The van der Waals surface area contributed by atoms with E-state index < -0.39 is 11.4 Å². The summed E-state index contributed by atoms with van der Waals surface area (Å²) in [6.07, 6.45) is 11.3. The maximum absolute atomic E-state index is 14.3. The molecule has 1 amide bonds. The van der Waals surface area contributed by atoms with E-state index in [1.54, 1.807) is 18.3 Å². The quantitative estimate of drug-likeness (QED) is 0.695. The van der Waals surface area contributed by atoms with Crippen molar-refractivity contribution in [1.29, 1.82) is 0 Å². The molecule has 0 spiro atoms. The summed E-state index contributed by atoms with van der Waals surface area (Å²) in [6, 6.07) is 3.83. The van der Waals surface area contributed by atoms with Crippen molar-refractivity contribution in [2.75, 3.05) is 5.32 Å². The predicted octanol–water partition coefficient (Wildman–Crippen LogP) is 2.90. The van der Waals surface area contributed by atoms with Crippen LogP contribution >= 0.6 is 0 Å². The average Bonchev–Trinajstić information content (AvgIpc) is 2.69. The summed E-state index contributed by atoms with van der Waals surface area (Å²) in [7, 11) is 0. The number of amides is 1. The number of carbonyl (C=O) groups excluding carboxylic acids is 1. The summed E-state index contributed by atoms with van der Waals surface area (Å²) < 4.78 is 14.3. The van der Waals surface area contributed by atoms with Crippen molar-refractivity contribution in [3.63, 3.8) is 0 Å². The van der Waals surface area contributed by atoms with Crippen LogP contribution in [-0.2, 0) is 10.4 Å². The molecule has 0 aliphatic heterocycles. The van der Waals surface area contributed by atoms with Crippen molar-refractivity contribution in [1.82, 2.24) is 15.0 Å². The van der Waals surface area contributed by atoms with Crippen LogP contribution in [-0.4, -0.2) is 32.5 Å². The molecule has 0 atom stereocenters. The maximum Gasteiger partial charge on any atom is 0.223 e. The molecule has 4 rings (SSSR count). The second kappa shape index (κ2) is 9.05. The van der Waals surface area contributed by atoms with Crippen molar-refractivity contribution >= 4 is 12.4 Å². The summed E-state index contributed by atoms with van der Waals surface area (Å²) in [5.74, 6) is -0.00374. The lowest BCUT2D eigenvalue weighted by Gasteiger charge is -2.36. The third-order valence-corrected chi connectivity index (χ3v) is 5.37. The minimum Gasteiger partial charge on any atom is -0.384 e. The summed E-state index contributed by atoms with van der Waals surface area (Å²) in [5.41, 5.74) is 4.76. The molecule has 0 radical (unpaired) electrons. The highest BCUT2D eigenvalue weighted by atomic mass is 19.1. The van der Waals surface area contributed by atoms with Gasteiger partial charge in [-0.3, -0.25) is 9.78 Å². The lowest BCUT2D eigenvalue weighted by molar-refractivity contribution is -0.106. The molecule has 8 heteroatoms. The number of nitrogens with two attached hydrogens (primary N) is 1. The Labute approximate surface area is 163 Å². The van der Waals surface area contributed by atoms with E-state index in [9.17, 15) is 9.50 Å². The van der Waals surface area contributed by atoms with Gasteiger partial charge in [-0.15, -0.1) is 0 Å². The predicted molar refractivity (Wildman–Crippen MR) is 104 cm³/mol. The fourth-order valence-electron chi connectivity index (χ4n) is 3.67. The van der Waals surface area contributed by atoms with E-state index in [0.717, 1.165) is 19.3 Å². The van der Waals surface area contributed by atoms with Crippen molar-refractivity contribution in [2.24, 2.45) is 5.73 Å². The first kappa shape index (κ1) is 20.1. The number of pyridine rings is 1. The largest absolute Gasteiger partial charge is 0.384 e. The molecule has 28 heavy (non-hydrogen) atoms. The molecule has 150 valence electrons. The number of halogens is 1. The summed E-state index contributed by atoms with van der Waals surface area (Å²) in [4.78, 5) is 21.3. The number of nitrogens with one attached hydrogen (secondary N) is 1. The molecule has 0 bridgehead atoms. The van der Waals surface area contributed by atoms with Gasteiger partial charge in [0.2, 0.25) is 12.4 Å². The van der Waals surface area contributed by atoms with Gasteiger partial charge in [-0.25, -0.2) is 14.4 Å². The van der Waals surface area contributed by atoms with E-state index >= 15 is 0 Å². The molecule has 0 aromatic carbocycles. The molecule has 0 unspecified atom stereocenters. The molecule has 2 saturated carbocycles. The highest BCUT2D eigenvalue weighted by Gasteiger charge is 2.37. The summed E-state index contributed by atoms with van der Waals surface area (Å²) in [6.45, 7) is 0. The SMILES string of the molecule is NC=O.OC1(c2cc(-c3nc(NC4CCCCC4)ncc3F)ccn2)CCC1. The number of anilines is 1. The number of carbonyl (C=O) groups is 1. The van der Waals surface area contributed by atoms with Crippen LogP contribution in [0.1, 0.15) is 57.1 Å². The molecule has 7 nitrogen and oxygen atoms in total. The fraction of sp³-hybridized carbons (Fsp3) is 0.500. The summed E-state index contributed by atoms with van der Waals surface area (Å²) >= 11 is 0. The first-order chi connectivity index (χ1) is 13.6. The first-order valence-corrected chi connectivity index (χ1v) is 9.69. The number of rotatable bonds is 4. The third-order valence-electron chi connectivity index (χ3n) is 5.37. The van der Waals surface area contributed by atoms with Crippen LogP contribution in [0.25, 0.3) is 11.3 Å². The number of aliphatic hydroxyl groups is 1. The monoisotopic (exact) mass is 387 g/mol. The molecule has 2 aliphatic rings. The molecular formula is C20H26FN5O2. The van der Waals surface area contributed by atoms with E-state index in [0.29, 0.717) is 36.1 Å². The van der Waals surface area contributed by atoms with Gasteiger partial charge in [0.1, 0.15) is 11.3 Å². The lowest BCUT2D eigenvalue weighted by Crippen LogP contribution is -2.34. The van der Waals surface area contributed by atoms with E-state index in [1.165, 1.54) is 25.5 Å². The van der Waals surface area contributed by atoms with Gasteiger partial charge in [0.25, 0.3) is 0 Å². The minimum atomic E-state index is -0.872. The summed E-state index contributed by atoms with van der Waals surface area (Å²) in [5, 5.41) is 13.8. The zero-order chi connectivity index (χ0) is 20.0. The van der Waals surface area contributed by atoms with E-state index in [4.69, 9.17) is 4.79 Å². The van der Waals surface area contributed by atoms with Gasteiger partial charge in [0, 0.05) is 17.8 Å².